The number of aromatic nitrogens is 1. The van der Waals surface area contributed by atoms with E-state index < -0.39 is 0 Å². The maximum Gasteiger partial charge on any atom is 0.250 e. The smallest absolute Gasteiger partial charge is 0.250 e. The van der Waals surface area contributed by atoms with E-state index in [4.69, 9.17) is 12.2 Å². The summed E-state index contributed by atoms with van der Waals surface area (Å²) in [5, 5.41) is 0. The van der Waals surface area contributed by atoms with Gasteiger partial charge in [0, 0.05) is 31.9 Å². The maximum absolute atomic E-state index is 11.8. The summed E-state index contributed by atoms with van der Waals surface area (Å²) in [5.41, 5.74) is 1.21. The van der Waals surface area contributed by atoms with Gasteiger partial charge in [-0.25, -0.2) is 0 Å². The van der Waals surface area contributed by atoms with Crippen molar-refractivity contribution in [1.82, 2.24) is 9.47 Å². The van der Waals surface area contributed by atoms with Crippen LogP contribution in [0.15, 0.2) is 23.0 Å². The first-order valence-electron chi connectivity index (χ1n) is 5.61. The second kappa shape index (κ2) is 3.42. The van der Waals surface area contributed by atoms with Crippen LogP contribution in [0.2, 0.25) is 0 Å². The van der Waals surface area contributed by atoms with E-state index in [1.54, 1.807) is 6.07 Å². The molecule has 1 saturated heterocycles. The molecule has 0 radical (unpaired) electrons. The van der Waals surface area contributed by atoms with Crippen molar-refractivity contribution in [2.75, 3.05) is 13.6 Å². The predicted octanol–water partition coefficient (Wildman–Crippen LogP) is 1.22. The van der Waals surface area contributed by atoms with E-state index in [1.165, 1.54) is 0 Å². The number of hydrogen-bond acceptors (Lipinski definition) is 2. The van der Waals surface area contributed by atoms with Crippen LogP contribution in [-0.4, -0.2) is 28.0 Å². The Labute approximate surface area is 99.7 Å². The Kier molecular flexibility index (Phi) is 2.14. The van der Waals surface area contributed by atoms with Crippen molar-refractivity contribution in [3.05, 3.63) is 34.2 Å². The van der Waals surface area contributed by atoms with Crippen LogP contribution in [-0.2, 0) is 6.54 Å². The molecule has 3 rings (SSSR count). The summed E-state index contributed by atoms with van der Waals surface area (Å²) < 4.78 is 1.90. The van der Waals surface area contributed by atoms with E-state index in [0.717, 1.165) is 30.2 Å². The number of rotatable bonds is 0. The minimum Gasteiger partial charge on any atom is -0.368 e. The number of pyridine rings is 1. The normalized spacial score (nSPS) is 27.8. The van der Waals surface area contributed by atoms with Crippen molar-refractivity contribution in [3.63, 3.8) is 0 Å². The van der Waals surface area contributed by atoms with Crippen molar-refractivity contribution < 1.29 is 0 Å². The summed E-state index contributed by atoms with van der Waals surface area (Å²) in [7, 11) is 2.05. The molecule has 4 heteroatoms. The maximum atomic E-state index is 11.8. The summed E-state index contributed by atoms with van der Waals surface area (Å²) in [6.45, 7) is 1.83. The summed E-state index contributed by atoms with van der Waals surface area (Å²) >= 11 is 5.47. The van der Waals surface area contributed by atoms with Crippen molar-refractivity contribution >= 4 is 17.2 Å². The van der Waals surface area contributed by atoms with E-state index in [2.05, 4.69) is 11.9 Å². The van der Waals surface area contributed by atoms with Crippen LogP contribution >= 0.6 is 12.2 Å². The Morgan fingerprint density at radius 2 is 2.19 bits per heavy atom. The quantitative estimate of drug-likeness (QED) is 0.631. The van der Waals surface area contributed by atoms with E-state index >= 15 is 0 Å². The lowest BCUT2D eigenvalue weighted by molar-refractivity contribution is 0.250. The van der Waals surface area contributed by atoms with Crippen LogP contribution < -0.4 is 5.56 Å². The van der Waals surface area contributed by atoms with Crippen molar-refractivity contribution in [2.24, 2.45) is 5.92 Å². The van der Waals surface area contributed by atoms with Crippen LogP contribution in [0.4, 0.5) is 0 Å². The molecule has 1 aromatic heterocycles. The van der Waals surface area contributed by atoms with E-state index in [9.17, 15) is 4.79 Å². The van der Waals surface area contributed by atoms with Gasteiger partial charge in [-0.2, -0.15) is 0 Å². The Hall–Kier alpha value is -1.16. The molecule has 1 fully saturated rings. The molecule has 0 saturated carbocycles. The molecule has 0 unspecified atom stereocenters. The molecular formula is C12H14N2OS. The molecule has 2 atom stereocenters. The fraction of sp³-hybridized carbons (Fsp3) is 0.500. The molecule has 2 bridgehead atoms. The topological polar surface area (TPSA) is 25.2 Å². The number of nitrogens with zero attached hydrogens (tertiary/aromatic N) is 2. The van der Waals surface area contributed by atoms with Gasteiger partial charge in [0.25, 0.3) is 5.56 Å². The summed E-state index contributed by atoms with van der Waals surface area (Å²) in [6, 6.07) is 5.51. The second-order valence-corrected chi connectivity index (χ2v) is 5.19. The molecule has 1 aromatic rings. The second-order valence-electron chi connectivity index (χ2n) is 4.77. The average Bonchev–Trinajstić information content (AvgIpc) is 2.27. The third kappa shape index (κ3) is 1.33. The zero-order valence-electron chi connectivity index (χ0n) is 9.22. The summed E-state index contributed by atoms with van der Waals surface area (Å²) in [4.78, 5) is 14.9. The Morgan fingerprint density at radius 3 is 3.00 bits per heavy atom. The number of thiocarbonyl (C=S) groups is 1. The molecule has 0 aromatic carbocycles. The molecule has 16 heavy (non-hydrogen) atoms. The van der Waals surface area contributed by atoms with Crippen molar-refractivity contribution in [2.45, 2.75) is 18.9 Å². The fourth-order valence-corrected chi connectivity index (χ4v) is 3.22. The first-order valence-corrected chi connectivity index (χ1v) is 6.02. The lowest BCUT2D eigenvalue weighted by Gasteiger charge is -2.42. The monoisotopic (exact) mass is 234 g/mol. The van der Waals surface area contributed by atoms with Crippen LogP contribution in [0.5, 0.6) is 0 Å². The minimum atomic E-state index is 0.111. The third-order valence-corrected chi connectivity index (χ3v) is 4.25. The molecule has 0 spiro atoms. The van der Waals surface area contributed by atoms with Gasteiger partial charge in [-0.3, -0.25) is 4.79 Å². The van der Waals surface area contributed by atoms with Crippen LogP contribution in [0.25, 0.3) is 0 Å². The molecule has 2 aliphatic heterocycles. The standard InChI is InChI=1S/C12H14N2OS/c1-13-6-8-5-9(12(13)16)10-3-2-4-11(15)14(10)7-8/h2-4,8-9H,5-7H2,1H3/t8-,9-/m0/s1. The number of fused-ring (bicyclic) bond motifs is 4. The zero-order chi connectivity index (χ0) is 11.3. The highest BCUT2D eigenvalue weighted by molar-refractivity contribution is 7.80. The molecule has 0 aliphatic carbocycles. The van der Waals surface area contributed by atoms with Gasteiger partial charge in [0.2, 0.25) is 0 Å². The molecule has 84 valence electrons. The van der Waals surface area contributed by atoms with Gasteiger partial charge in [0.1, 0.15) is 0 Å². The van der Waals surface area contributed by atoms with Gasteiger partial charge in [-0.05, 0) is 18.4 Å². The third-order valence-electron chi connectivity index (χ3n) is 3.66. The van der Waals surface area contributed by atoms with Crippen LogP contribution in [0, 0.1) is 5.92 Å². The summed E-state index contributed by atoms with van der Waals surface area (Å²) in [5.74, 6) is 0.829. The van der Waals surface area contributed by atoms with E-state index in [0.29, 0.717) is 5.92 Å². The molecule has 3 heterocycles. The molecule has 0 amide bonds. The average molecular weight is 234 g/mol. The Bertz CT molecular complexity index is 508. The fourth-order valence-electron chi connectivity index (χ4n) is 2.93. The van der Waals surface area contributed by atoms with Gasteiger partial charge in [-0.1, -0.05) is 18.3 Å². The lowest BCUT2D eigenvalue weighted by Crippen LogP contribution is -2.48. The van der Waals surface area contributed by atoms with E-state index in [-0.39, 0.29) is 11.5 Å². The van der Waals surface area contributed by atoms with Gasteiger partial charge in [0.05, 0.1) is 10.9 Å². The zero-order valence-corrected chi connectivity index (χ0v) is 10.0. The van der Waals surface area contributed by atoms with E-state index in [1.807, 2.05) is 16.7 Å². The van der Waals surface area contributed by atoms with Gasteiger partial charge in [-0.15, -0.1) is 0 Å². The Morgan fingerprint density at radius 1 is 1.38 bits per heavy atom. The molecule has 2 aliphatic rings. The highest BCUT2D eigenvalue weighted by Crippen LogP contribution is 2.35. The number of likely N-dealkylation sites (N-methyl/N-ethyl adjacent to an activating group) is 1. The van der Waals surface area contributed by atoms with Gasteiger partial charge in [0.15, 0.2) is 0 Å². The Balaban J connectivity index is 2.16. The van der Waals surface area contributed by atoms with Crippen LogP contribution in [0.1, 0.15) is 18.0 Å². The highest BCUT2D eigenvalue weighted by Gasteiger charge is 2.36. The van der Waals surface area contributed by atoms with Crippen molar-refractivity contribution in [1.29, 1.82) is 0 Å². The highest BCUT2D eigenvalue weighted by atomic mass is 32.1. The number of piperidine rings is 1. The van der Waals surface area contributed by atoms with Crippen molar-refractivity contribution in [3.8, 4) is 0 Å². The SMILES string of the molecule is CN1C[C@@H]2C[C@H](C1=S)c1cccc(=O)n1C2. The minimum absolute atomic E-state index is 0.111. The van der Waals surface area contributed by atoms with Gasteiger partial charge < -0.3 is 9.47 Å². The summed E-state index contributed by atoms with van der Waals surface area (Å²) in [6.07, 6.45) is 1.10. The largest absolute Gasteiger partial charge is 0.368 e. The van der Waals surface area contributed by atoms with Gasteiger partial charge >= 0.3 is 0 Å². The first kappa shape index (κ1) is 10.0. The number of hydrogen-bond donors (Lipinski definition) is 0. The molecule has 0 N–H and O–H groups in total. The lowest BCUT2D eigenvalue weighted by atomic mass is 9.83. The predicted molar refractivity (Wildman–Crippen MR) is 66.8 cm³/mol. The molecule has 3 nitrogen and oxygen atoms in total. The van der Waals surface area contributed by atoms with Crippen LogP contribution in [0.3, 0.4) is 0 Å². The number of likely N-dealkylation sites (tertiary alicyclic amines) is 1. The first-order chi connectivity index (χ1) is 7.66. The molecular weight excluding hydrogens is 220 g/mol.